The second kappa shape index (κ2) is 7.99. The van der Waals surface area contributed by atoms with Crippen molar-refractivity contribution in [3.8, 4) is 0 Å². The van der Waals surface area contributed by atoms with Crippen LogP contribution in [0.25, 0.3) is 0 Å². The molecule has 1 aliphatic rings. The molecular weight excluding hydrogens is 248 g/mol. The lowest BCUT2D eigenvalue weighted by atomic mass is 10.1. The monoisotopic (exact) mass is 272 g/mol. The van der Waals surface area contributed by atoms with E-state index >= 15 is 0 Å². The molecule has 1 rings (SSSR count). The highest BCUT2D eigenvalue weighted by Gasteiger charge is 2.24. The Morgan fingerprint density at radius 1 is 1.53 bits per heavy atom. The molecule has 2 amide bonds. The van der Waals surface area contributed by atoms with Gasteiger partial charge in [0.1, 0.15) is 0 Å². The van der Waals surface area contributed by atoms with E-state index in [2.05, 4.69) is 5.32 Å². The van der Waals surface area contributed by atoms with Crippen molar-refractivity contribution < 1.29 is 19.4 Å². The van der Waals surface area contributed by atoms with Gasteiger partial charge in [0.15, 0.2) is 0 Å². The molecule has 0 aliphatic carbocycles. The SMILES string of the molecule is CCOC1CCCN(C(=O)NC(C)CCC(=O)O)C1. The van der Waals surface area contributed by atoms with Crippen LogP contribution < -0.4 is 5.32 Å². The molecule has 1 heterocycles. The van der Waals surface area contributed by atoms with Crippen molar-refractivity contribution in [3.05, 3.63) is 0 Å². The number of piperidine rings is 1. The molecule has 0 aromatic heterocycles. The van der Waals surface area contributed by atoms with Crippen LogP contribution in [0.5, 0.6) is 0 Å². The summed E-state index contributed by atoms with van der Waals surface area (Å²) in [5.74, 6) is -0.838. The molecule has 1 fully saturated rings. The van der Waals surface area contributed by atoms with Gasteiger partial charge < -0.3 is 20.1 Å². The number of ether oxygens (including phenoxy) is 1. The van der Waals surface area contributed by atoms with Crippen LogP contribution >= 0.6 is 0 Å². The van der Waals surface area contributed by atoms with Gasteiger partial charge in [-0.25, -0.2) is 4.79 Å². The van der Waals surface area contributed by atoms with Crippen LogP contribution in [0.3, 0.4) is 0 Å². The molecule has 0 aromatic rings. The molecule has 0 spiro atoms. The van der Waals surface area contributed by atoms with Crippen molar-refractivity contribution in [2.24, 2.45) is 0 Å². The van der Waals surface area contributed by atoms with Crippen LogP contribution in [-0.2, 0) is 9.53 Å². The number of nitrogens with zero attached hydrogens (tertiary/aromatic N) is 1. The average molecular weight is 272 g/mol. The van der Waals surface area contributed by atoms with Gasteiger partial charge >= 0.3 is 12.0 Å². The standard InChI is InChI=1S/C13H24N2O4/c1-3-19-11-5-4-8-15(9-11)13(18)14-10(2)6-7-12(16)17/h10-11H,3-9H2,1-2H3,(H,14,18)(H,16,17). The van der Waals surface area contributed by atoms with Gasteiger partial charge in [-0.15, -0.1) is 0 Å². The minimum atomic E-state index is -0.838. The lowest BCUT2D eigenvalue weighted by Crippen LogP contribution is -2.49. The Morgan fingerprint density at radius 3 is 2.89 bits per heavy atom. The zero-order chi connectivity index (χ0) is 14.3. The number of likely N-dealkylation sites (tertiary alicyclic amines) is 1. The van der Waals surface area contributed by atoms with E-state index < -0.39 is 5.97 Å². The molecule has 0 saturated carbocycles. The zero-order valence-electron chi connectivity index (χ0n) is 11.7. The maximum atomic E-state index is 12.0. The van der Waals surface area contributed by atoms with E-state index in [-0.39, 0.29) is 24.6 Å². The number of carboxylic acids is 1. The Balaban J connectivity index is 2.33. The predicted octanol–water partition coefficient (Wildman–Crippen LogP) is 1.45. The first-order chi connectivity index (χ1) is 9.02. The zero-order valence-corrected chi connectivity index (χ0v) is 11.7. The molecule has 0 radical (unpaired) electrons. The quantitative estimate of drug-likeness (QED) is 0.767. The van der Waals surface area contributed by atoms with Crippen molar-refractivity contribution in [1.29, 1.82) is 0 Å². The van der Waals surface area contributed by atoms with Gasteiger partial charge in [-0.05, 0) is 33.1 Å². The van der Waals surface area contributed by atoms with Crippen LogP contribution in [0.15, 0.2) is 0 Å². The van der Waals surface area contributed by atoms with Crippen LogP contribution in [0, 0.1) is 0 Å². The molecule has 0 bridgehead atoms. The summed E-state index contributed by atoms with van der Waals surface area (Å²) in [6.45, 7) is 5.79. The summed E-state index contributed by atoms with van der Waals surface area (Å²) < 4.78 is 5.55. The fourth-order valence-electron chi connectivity index (χ4n) is 2.21. The Kier molecular flexibility index (Phi) is 6.62. The second-order valence-corrected chi connectivity index (χ2v) is 4.95. The first kappa shape index (κ1) is 15.8. The van der Waals surface area contributed by atoms with E-state index in [1.54, 1.807) is 4.90 Å². The molecule has 110 valence electrons. The number of hydrogen-bond acceptors (Lipinski definition) is 3. The summed E-state index contributed by atoms with van der Waals surface area (Å²) >= 11 is 0. The molecule has 2 unspecified atom stereocenters. The summed E-state index contributed by atoms with van der Waals surface area (Å²) in [7, 11) is 0. The smallest absolute Gasteiger partial charge is 0.317 e. The normalized spacial score (nSPS) is 20.9. The molecule has 1 saturated heterocycles. The Morgan fingerprint density at radius 2 is 2.26 bits per heavy atom. The number of aliphatic carboxylic acids is 1. The van der Waals surface area contributed by atoms with E-state index in [1.807, 2.05) is 13.8 Å². The van der Waals surface area contributed by atoms with Crippen molar-refractivity contribution in [3.63, 3.8) is 0 Å². The number of carbonyl (C=O) groups is 2. The highest BCUT2D eigenvalue weighted by atomic mass is 16.5. The van der Waals surface area contributed by atoms with E-state index in [9.17, 15) is 9.59 Å². The van der Waals surface area contributed by atoms with Crippen molar-refractivity contribution in [2.45, 2.75) is 51.7 Å². The van der Waals surface area contributed by atoms with Crippen LogP contribution in [0.4, 0.5) is 4.79 Å². The summed E-state index contributed by atoms with van der Waals surface area (Å²) in [6.07, 6.45) is 2.58. The molecule has 1 aliphatic heterocycles. The Hall–Kier alpha value is -1.30. The van der Waals surface area contributed by atoms with Crippen LogP contribution in [0.1, 0.15) is 39.5 Å². The summed E-state index contributed by atoms with van der Waals surface area (Å²) in [5.41, 5.74) is 0. The average Bonchev–Trinajstić information content (AvgIpc) is 2.37. The minimum Gasteiger partial charge on any atom is -0.481 e. The minimum absolute atomic E-state index is 0.0724. The summed E-state index contributed by atoms with van der Waals surface area (Å²) in [5, 5.41) is 11.4. The fraction of sp³-hybridized carbons (Fsp3) is 0.846. The highest BCUT2D eigenvalue weighted by Crippen LogP contribution is 2.13. The van der Waals surface area contributed by atoms with Gasteiger partial charge in [0.25, 0.3) is 0 Å². The van der Waals surface area contributed by atoms with E-state index in [4.69, 9.17) is 9.84 Å². The van der Waals surface area contributed by atoms with Crippen molar-refractivity contribution >= 4 is 12.0 Å². The number of amides is 2. The third kappa shape index (κ3) is 5.92. The van der Waals surface area contributed by atoms with E-state index in [1.165, 1.54) is 0 Å². The third-order valence-corrected chi connectivity index (χ3v) is 3.23. The number of nitrogens with one attached hydrogen (secondary N) is 1. The first-order valence-electron chi connectivity index (χ1n) is 6.91. The van der Waals surface area contributed by atoms with E-state index in [0.717, 1.165) is 19.4 Å². The number of rotatable bonds is 6. The van der Waals surface area contributed by atoms with Crippen LogP contribution in [0.2, 0.25) is 0 Å². The molecule has 2 N–H and O–H groups in total. The maximum Gasteiger partial charge on any atom is 0.317 e. The van der Waals surface area contributed by atoms with Crippen LogP contribution in [-0.4, -0.2) is 53.8 Å². The predicted molar refractivity (Wildman–Crippen MR) is 71.1 cm³/mol. The number of urea groups is 1. The largest absolute Gasteiger partial charge is 0.481 e. The molecular formula is C13H24N2O4. The van der Waals surface area contributed by atoms with Crippen molar-refractivity contribution in [1.82, 2.24) is 10.2 Å². The van der Waals surface area contributed by atoms with Gasteiger partial charge in [-0.2, -0.15) is 0 Å². The second-order valence-electron chi connectivity index (χ2n) is 4.95. The van der Waals surface area contributed by atoms with Gasteiger partial charge in [0.2, 0.25) is 0 Å². The van der Waals surface area contributed by atoms with E-state index in [0.29, 0.717) is 19.6 Å². The molecule has 0 aromatic carbocycles. The number of carboxylic acid groups (broad SMARTS) is 1. The molecule has 6 nitrogen and oxygen atoms in total. The fourth-order valence-corrected chi connectivity index (χ4v) is 2.21. The number of hydrogen-bond donors (Lipinski definition) is 2. The van der Waals surface area contributed by atoms with Gasteiger partial charge in [0, 0.05) is 32.2 Å². The van der Waals surface area contributed by atoms with Gasteiger partial charge in [-0.1, -0.05) is 0 Å². The first-order valence-corrected chi connectivity index (χ1v) is 6.91. The van der Waals surface area contributed by atoms with Gasteiger partial charge in [-0.3, -0.25) is 4.79 Å². The van der Waals surface area contributed by atoms with Crippen molar-refractivity contribution in [2.75, 3.05) is 19.7 Å². The lowest BCUT2D eigenvalue weighted by Gasteiger charge is -2.33. The maximum absolute atomic E-state index is 12.0. The topological polar surface area (TPSA) is 78.9 Å². The Labute approximate surface area is 114 Å². The highest BCUT2D eigenvalue weighted by molar-refractivity contribution is 5.74. The van der Waals surface area contributed by atoms with Gasteiger partial charge in [0.05, 0.1) is 6.10 Å². The third-order valence-electron chi connectivity index (χ3n) is 3.23. The molecule has 19 heavy (non-hydrogen) atoms. The lowest BCUT2D eigenvalue weighted by molar-refractivity contribution is -0.137. The molecule has 6 heteroatoms. The Bertz CT molecular complexity index is 307. The summed E-state index contributed by atoms with van der Waals surface area (Å²) in [6, 6.07) is -0.252. The number of carbonyl (C=O) groups excluding carboxylic acids is 1. The molecule has 2 atom stereocenters. The summed E-state index contributed by atoms with van der Waals surface area (Å²) in [4.78, 5) is 24.2.